The summed E-state index contributed by atoms with van der Waals surface area (Å²) in [7, 11) is 0. The Hall–Kier alpha value is -1.16. The van der Waals surface area contributed by atoms with Gasteiger partial charge in [-0.05, 0) is 38.2 Å². The monoisotopic (exact) mass is 221 g/mol. The molecule has 0 amide bonds. The predicted octanol–water partition coefficient (Wildman–Crippen LogP) is 1.38. The van der Waals surface area contributed by atoms with E-state index < -0.39 is 0 Å². The maximum Gasteiger partial charge on any atom is 0.132 e. The molecule has 4 heteroatoms. The van der Waals surface area contributed by atoms with Crippen LogP contribution in [-0.4, -0.2) is 34.8 Å². The van der Waals surface area contributed by atoms with E-state index in [1.54, 1.807) is 0 Å². The summed E-state index contributed by atoms with van der Waals surface area (Å²) >= 11 is 0. The van der Waals surface area contributed by atoms with Gasteiger partial charge in [0.2, 0.25) is 0 Å². The van der Waals surface area contributed by atoms with Crippen molar-refractivity contribution in [2.45, 2.75) is 26.2 Å². The van der Waals surface area contributed by atoms with Crippen molar-refractivity contribution in [1.29, 1.82) is 0 Å². The summed E-state index contributed by atoms with van der Waals surface area (Å²) in [6.07, 6.45) is 5.13. The standard InChI is InChI=1S/C12H19N3O/c1-10-13-6-4-12(14-10)15-7-2-3-11(9-15)5-8-16/h4,6,11,16H,2-3,5,7-9H2,1H3. The summed E-state index contributed by atoms with van der Waals surface area (Å²) in [6.45, 7) is 4.29. The summed E-state index contributed by atoms with van der Waals surface area (Å²) in [5.41, 5.74) is 0. The van der Waals surface area contributed by atoms with Gasteiger partial charge in [0.25, 0.3) is 0 Å². The molecule has 1 fully saturated rings. The van der Waals surface area contributed by atoms with E-state index in [9.17, 15) is 0 Å². The molecule has 1 atom stereocenters. The first-order chi connectivity index (χ1) is 7.79. The number of hydrogen-bond donors (Lipinski definition) is 1. The van der Waals surface area contributed by atoms with E-state index in [2.05, 4.69) is 14.9 Å². The zero-order chi connectivity index (χ0) is 11.4. The lowest BCUT2D eigenvalue weighted by Crippen LogP contribution is -2.36. The van der Waals surface area contributed by atoms with E-state index in [1.165, 1.54) is 12.8 Å². The molecular weight excluding hydrogens is 202 g/mol. The highest BCUT2D eigenvalue weighted by molar-refractivity contribution is 5.37. The van der Waals surface area contributed by atoms with Crippen LogP contribution in [0.25, 0.3) is 0 Å². The summed E-state index contributed by atoms with van der Waals surface area (Å²) in [5.74, 6) is 2.45. The summed E-state index contributed by atoms with van der Waals surface area (Å²) in [6, 6.07) is 1.97. The lowest BCUT2D eigenvalue weighted by molar-refractivity contribution is 0.244. The molecular formula is C12H19N3O. The van der Waals surface area contributed by atoms with Gasteiger partial charge in [0.15, 0.2) is 0 Å². The number of anilines is 1. The highest BCUT2D eigenvalue weighted by atomic mass is 16.3. The van der Waals surface area contributed by atoms with Crippen molar-refractivity contribution < 1.29 is 5.11 Å². The molecule has 0 aliphatic carbocycles. The normalized spacial score (nSPS) is 21.1. The van der Waals surface area contributed by atoms with Crippen molar-refractivity contribution in [3.63, 3.8) is 0 Å². The molecule has 1 aliphatic heterocycles. The third-order valence-corrected chi connectivity index (χ3v) is 3.14. The van der Waals surface area contributed by atoms with E-state index in [0.717, 1.165) is 31.2 Å². The molecule has 1 N–H and O–H groups in total. The van der Waals surface area contributed by atoms with Crippen LogP contribution in [0, 0.1) is 12.8 Å². The van der Waals surface area contributed by atoms with Crippen LogP contribution in [0.3, 0.4) is 0 Å². The second-order valence-corrected chi connectivity index (χ2v) is 4.43. The van der Waals surface area contributed by atoms with Crippen LogP contribution in [0.5, 0.6) is 0 Å². The lowest BCUT2D eigenvalue weighted by atomic mass is 9.95. The van der Waals surface area contributed by atoms with E-state index >= 15 is 0 Å². The van der Waals surface area contributed by atoms with E-state index in [-0.39, 0.29) is 0 Å². The van der Waals surface area contributed by atoms with Gasteiger partial charge in [-0.2, -0.15) is 0 Å². The Morgan fingerprint density at radius 3 is 3.19 bits per heavy atom. The van der Waals surface area contributed by atoms with Crippen LogP contribution < -0.4 is 4.90 Å². The second-order valence-electron chi connectivity index (χ2n) is 4.43. The minimum absolute atomic E-state index is 0.293. The maximum atomic E-state index is 8.98. The van der Waals surface area contributed by atoms with Gasteiger partial charge >= 0.3 is 0 Å². The number of aryl methyl sites for hydroxylation is 1. The number of aromatic nitrogens is 2. The van der Waals surface area contributed by atoms with E-state index in [0.29, 0.717) is 12.5 Å². The van der Waals surface area contributed by atoms with Crippen molar-refractivity contribution in [1.82, 2.24) is 9.97 Å². The van der Waals surface area contributed by atoms with Crippen LogP contribution in [0.1, 0.15) is 25.1 Å². The second kappa shape index (κ2) is 5.25. The maximum absolute atomic E-state index is 8.98. The molecule has 1 saturated heterocycles. The van der Waals surface area contributed by atoms with Crippen molar-refractivity contribution in [3.8, 4) is 0 Å². The molecule has 0 saturated carbocycles. The quantitative estimate of drug-likeness (QED) is 0.838. The number of hydrogen-bond acceptors (Lipinski definition) is 4. The first kappa shape index (κ1) is 11.3. The van der Waals surface area contributed by atoms with E-state index in [1.807, 2.05) is 19.2 Å². The van der Waals surface area contributed by atoms with Crippen molar-refractivity contribution in [2.24, 2.45) is 5.92 Å². The average molecular weight is 221 g/mol. The van der Waals surface area contributed by atoms with Gasteiger partial charge in [-0.3, -0.25) is 0 Å². The van der Waals surface area contributed by atoms with Gasteiger partial charge in [0.05, 0.1) is 0 Å². The van der Waals surface area contributed by atoms with Crippen LogP contribution in [0.4, 0.5) is 5.82 Å². The Kier molecular flexibility index (Phi) is 3.72. The number of aliphatic hydroxyl groups excluding tert-OH is 1. The minimum atomic E-state index is 0.293. The smallest absolute Gasteiger partial charge is 0.132 e. The summed E-state index contributed by atoms with van der Waals surface area (Å²) < 4.78 is 0. The minimum Gasteiger partial charge on any atom is -0.396 e. The van der Waals surface area contributed by atoms with Crippen LogP contribution in [0.15, 0.2) is 12.3 Å². The highest BCUT2D eigenvalue weighted by Gasteiger charge is 2.20. The van der Waals surface area contributed by atoms with Crippen molar-refractivity contribution >= 4 is 5.82 Å². The molecule has 1 aromatic heterocycles. The number of piperidine rings is 1. The van der Waals surface area contributed by atoms with Gasteiger partial charge in [0.1, 0.15) is 11.6 Å². The molecule has 88 valence electrons. The molecule has 2 rings (SSSR count). The van der Waals surface area contributed by atoms with Crippen LogP contribution >= 0.6 is 0 Å². The van der Waals surface area contributed by atoms with Gasteiger partial charge in [0, 0.05) is 25.9 Å². The van der Waals surface area contributed by atoms with Crippen LogP contribution in [-0.2, 0) is 0 Å². The summed E-state index contributed by atoms with van der Waals surface area (Å²) in [4.78, 5) is 10.9. The third kappa shape index (κ3) is 2.70. The molecule has 16 heavy (non-hydrogen) atoms. The first-order valence-corrected chi connectivity index (χ1v) is 5.95. The predicted molar refractivity (Wildman–Crippen MR) is 63.4 cm³/mol. The molecule has 0 bridgehead atoms. The number of rotatable bonds is 3. The topological polar surface area (TPSA) is 49.2 Å². The van der Waals surface area contributed by atoms with Gasteiger partial charge in [-0.15, -0.1) is 0 Å². The fraction of sp³-hybridized carbons (Fsp3) is 0.667. The highest BCUT2D eigenvalue weighted by Crippen LogP contribution is 2.23. The number of nitrogens with zero attached hydrogens (tertiary/aromatic N) is 3. The molecule has 1 aromatic rings. The molecule has 0 radical (unpaired) electrons. The first-order valence-electron chi connectivity index (χ1n) is 5.95. The van der Waals surface area contributed by atoms with Crippen molar-refractivity contribution in [3.05, 3.63) is 18.1 Å². The molecule has 1 unspecified atom stereocenters. The zero-order valence-corrected chi connectivity index (χ0v) is 9.76. The van der Waals surface area contributed by atoms with Gasteiger partial charge in [-0.1, -0.05) is 0 Å². The van der Waals surface area contributed by atoms with Gasteiger partial charge in [-0.25, -0.2) is 9.97 Å². The molecule has 2 heterocycles. The summed E-state index contributed by atoms with van der Waals surface area (Å²) in [5, 5.41) is 8.98. The molecule has 0 aromatic carbocycles. The Bertz CT molecular complexity index is 341. The molecule has 0 spiro atoms. The van der Waals surface area contributed by atoms with Gasteiger partial charge < -0.3 is 10.0 Å². The Labute approximate surface area is 96.3 Å². The zero-order valence-electron chi connectivity index (χ0n) is 9.76. The van der Waals surface area contributed by atoms with Crippen LogP contribution in [0.2, 0.25) is 0 Å². The fourth-order valence-electron chi connectivity index (χ4n) is 2.31. The van der Waals surface area contributed by atoms with E-state index in [4.69, 9.17) is 5.11 Å². The van der Waals surface area contributed by atoms with Crippen molar-refractivity contribution in [2.75, 3.05) is 24.6 Å². The largest absolute Gasteiger partial charge is 0.396 e. The molecule has 1 aliphatic rings. The molecule has 4 nitrogen and oxygen atoms in total. The SMILES string of the molecule is Cc1nccc(N2CCCC(CCO)C2)n1. The third-order valence-electron chi connectivity index (χ3n) is 3.14. The Morgan fingerprint density at radius 2 is 2.44 bits per heavy atom. The fourth-order valence-corrected chi connectivity index (χ4v) is 2.31. The lowest BCUT2D eigenvalue weighted by Gasteiger charge is -2.33. The number of aliphatic hydroxyl groups is 1. The Balaban J connectivity index is 2.03. The average Bonchev–Trinajstić information content (AvgIpc) is 2.30. The Morgan fingerprint density at radius 1 is 1.56 bits per heavy atom.